The highest BCUT2D eigenvalue weighted by Crippen LogP contribution is 2.05. The number of aromatic carboxylic acids is 1. The van der Waals surface area contributed by atoms with Crippen molar-refractivity contribution in [2.45, 2.75) is 0 Å². The molecule has 0 fully saturated rings. The van der Waals surface area contributed by atoms with Crippen LogP contribution in [0.3, 0.4) is 0 Å². The Morgan fingerprint density at radius 1 is 1.47 bits per heavy atom. The highest BCUT2D eigenvalue weighted by molar-refractivity contribution is 5.98. The average molecular weight is 208 g/mol. The number of hydrogen-bond acceptors (Lipinski definition) is 4. The molecule has 0 aliphatic rings. The molecule has 15 heavy (non-hydrogen) atoms. The second-order valence-electron chi connectivity index (χ2n) is 2.78. The molecule has 0 bridgehead atoms. The van der Waals surface area contributed by atoms with Gasteiger partial charge in [0.25, 0.3) is 0 Å². The molecule has 0 saturated carbocycles. The van der Waals surface area contributed by atoms with E-state index in [2.05, 4.69) is 10.5 Å². The van der Waals surface area contributed by atoms with E-state index in [1.807, 2.05) is 0 Å². The fraction of sp³-hybridized carbons (Fsp3) is 0.200. The number of hydrogen-bond donors (Lipinski definition) is 3. The molecule has 3 N–H and O–H groups in total. The minimum absolute atomic E-state index is 0.0160. The van der Waals surface area contributed by atoms with Gasteiger partial charge in [0.2, 0.25) is 0 Å². The molecule has 5 heteroatoms. The maximum absolute atomic E-state index is 10.8. The zero-order valence-electron chi connectivity index (χ0n) is 8.05. The van der Waals surface area contributed by atoms with E-state index in [4.69, 9.17) is 10.2 Å². The first-order chi connectivity index (χ1) is 7.25. The Hall–Kier alpha value is -1.88. The Morgan fingerprint density at radius 3 is 2.87 bits per heavy atom. The van der Waals surface area contributed by atoms with Gasteiger partial charge in [-0.25, -0.2) is 4.79 Å². The van der Waals surface area contributed by atoms with Crippen molar-refractivity contribution in [1.82, 2.24) is 5.43 Å². The van der Waals surface area contributed by atoms with Crippen molar-refractivity contribution in [3.63, 3.8) is 0 Å². The van der Waals surface area contributed by atoms with Crippen molar-refractivity contribution in [1.29, 1.82) is 0 Å². The molecule has 80 valence electrons. The third kappa shape index (κ3) is 3.40. The number of carbonyl (C=O) groups is 1. The van der Waals surface area contributed by atoms with Gasteiger partial charge < -0.3 is 15.6 Å². The van der Waals surface area contributed by atoms with Crippen LogP contribution in [-0.4, -0.2) is 35.5 Å². The lowest BCUT2D eigenvalue weighted by Gasteiger charge is -1.99. The second-order valence-corrected chi connectivity index (χ2v) is 2.78. The molecule has 0 saturated heterocycles. The van der Waals surface area contributed by atoms with Gasteiger partial charge in [-0.1, -0.05) is 18.2 Å². The first kappa shape index (κ1) is 11.2. The summed E-state index contributed by atoms with van der Waals surface area (Å²) in [5, 5.41) is 21.1. The number of hydrazone groups is 1. The van der Waals surface area contributed by atoms with Crippen molar-refractivity contribution in [2.75, 3.05) is 13.2 Å². The maximum atomic E-state index is 10.8. The molecule has 0 radical (unpaired) electrons. The van der Waals surface area contributed by atoms with Crippen LogP contribution in [-0.2, 0) is 0 Å². The third-order valence-electron chi connectivity index (χ3n) is 1.71. The standard InChI is InChI=1S/C10H12N2O3/c13-6-5-11-12-7-8-3-1-2-4-9(8)10(14)15/h1-4,7,11,13H,5-6H2,(H,14,15). The Morgan fingerprint density at radius 2 is 2.20 bits per heavy atom. The van der Waals surface area contributed by atoms with Gasteiger partial charge in [-0.15, -0.1) is 0 Å². The first-order valence-corrected chi connectivity index (χ1v) is 4.45. The zero-order chi connectivity index (χ0) is 11.1. The van der Waals surface area contributed by atoms with Crippen LogP contribution in [0.2, 0.25) is 0 Å². The van der Waals surface area contributed by atoms with E-state index in [0.717, 1.165) is 0 Å². The van der Waals surface area contributed by atoms with Crippen LogP contribution in [0.15, 0.2) is 29.4 Å². The van der Waals surface area contributed by atoms with Gasteiger partial charge in [0.15, 0.2) is 0 Å². The molecule has 1 aromatic carbocycles. The molecule has 0 aliphatic heterocycles. The van der Waals surface area contributed by atoms with Crippen LogP contribution in [0.1, 0.15) is 15.9 Å². The second kappa shape index (κ2) is 5.77. The van der Waals surface area contributed by atoms with Crippen LogP contribution in [0.25, 0.3) is 0 Å². The van der Waals surface area contributed by atoms with Crippen LogP contribution < -0.4 is 5.43 Å². The molecule has 0 unspecified atom stereocenters. The summed E-state index contributed by atoms with van der Waals surface area (Å²) in [6.45, 7) is 0.323. The van der Waals surface area contributed by atoms with Gasteiger partial charge in [-0.05, 0) is 6.07 Å². The van der Waals surface area contributed by atoms with E-state index >= 15 is 0 Å². The van der Waals surface area contributed by atoms with Crippen molar-refractivity contribution in [3.8, 4) is 0 Å². The Kier molecular flexibility index (Phi) is 4.30. The Labute approximate surface area is 87.1 Å². The maximum Gasteiger partial charge on any atom is 0.336 e. The van der Waals surface area contributed by atoms with Crippen molar-refractivity contribution in [3.05, 3.63) is 35.4 Å². The Balaban J connectivity index is 2.75. The topological polar surface area (TPSA) is 81.9 Å². The molecule has 1 rings (SSSR count). The van der Waals surface area contributed by atoms with Gasteiger partial charge >= 0.3 is 5.97 Å². The number of nitrogens with one attached hydrogen (secondary N) is 1. The van der Waals surface area contributed by atoms with Crippen molar-refractivity contribution < 1.29 is 15.0 Å². The summed E-state index contributed by atoms with van der Waals surface area (Å²) in [5.74, 6) is -0.987. The number of carboxylic acid groups (broad SMARTS) is 1. The molecule has 5 nitrogen and oxygen atoms in total. The molecule has 0 aromatic heterocycles. The SMILES string of the molecule is O=C(O)c1ccccc1C=NNCCO. The minimum atomic E-state index is -0.987. The summed E-state index contributed by atoms with van der Waals surface area (Å²) in [6.07, 6.45) is 1.42. The average Bonchev–Trinajstić information content (AvgIpc) is 2.25. The molecule has 0 aliphatic carbocycles. The molecular formula is C10H12N2O3. The third-order valence-corrected chi connectivity index (χ3v) is 1.71. The lowest BCUT2D eigenvalue weighted by atomic mass is 10.1. The fourth-order valence-electron chi connectivity index (χ4n) is 1.03. The summed E-state index contributed by atoms with van der Waals surface area (Å²) in [6, 6.07) is 6.56. The van der Waals surface area contributed by atoms with Gasteiger partial charge in [0.1, 0.15) is 0 Å². The molecule has 1 aromatic rings. The van der Waals surface area contributed by atoms with E-state index in [-0.39, 0.29) is 12.2 Å². The highest BCUT2D eigenvalue weighted by atomic mass is 16.4. The number of rotatable bonds is 5. The molecular weight excluding hydrogens is 196 g/mol. The summed E-state index contributed by atoms with van der Waals surface area (Å²) >= 11 is 0. The first-order valence-electron chi connectivity index (χ1n) is 4.45. The van der Waals surface area contributed by atoms with Crippen molar-refractivity contribution in [2.24, 2.45) is 5.10 Å². The van der Waals surface area contributed by atoms with E-state index in [1.165, 1.54) is 12.3 Å². The molecule has 0 heterocycles. The fourth-order valence-corrected chi connectivity index (χ4v) is 1.03. The zero-order valence-corrected chi connectivity index (χ0v) is 8.05. The van der Waals surface area contributed by atoms with E-state index < -0.39 is 5.97 Å². The lowest BCUT2D eigenvalue weighted by Crippen LogP contribution is -2.11. The predicted molar refractivity (Wildman–Crippen MR) is 56.1 cm³/mol. The number of aliphatic hydroxyl groups is 1. The normalized spacial score (nSPS) is 10.5. The largest absolute Gasteiger partial charge is 0.478 e. The van der Waals surface area contributed by atoms with Crippen LogP contribution >= 0.6 is 0 Å². The van der Waals surface area contributed by atoms with Crippen molar-refractivity contribution >= 4 is 12.2 Å². The summed E-state index contributed by atoms with van der Waals surface area (Å²) in [7, 11) is 0. The molecule has 0 amide bonds. The number of aliphatic hydroxyl groups excluding tert-OH is 1. The van der Waals surface area contributed by atoms with E-state index in [0.29, 0.717) is 12.1 Å². The lowest BCUT2D eigenvalue weighted by molar-refractivity contribution is 0.0697. The summed E-state index contributed by atoms with van der Waals surface area (Å²) in [5.41, 5.74) is 3.30. The summed E-state index contributed by atoms with van der Waals surface area (Å²) < 4.78 is 0. The number of nitrogens with zero attached hydrogens (tertiary/aromatic N) is 1. The number of carboxylic acids is 1. The van der Waals surface area contributed by atoms with Crippen LogP contribution in [0, 0.1) is 0 Å². The number of benzene rings is 1. The molecule has 0 spiro atoms. The highest BCUT2D eigenvalue weighted by Gasteiger charge is 2.06. The predicted octanol–water partition coefficient (Wildman–Crippen LogP) is 0.301. The van der Waals surface area contributed by atoms with E-state index in [1.54, 1.807) is 18.2 Å². The Bertz CT molecular complexity index is 363. The van der Waals surface area contributed by atoms with E-state index in [9.17, 15) is 4.79 Å². The van der Waals surface area contributed by atoms with Gasteiger partial charge in [0.05, 0.1) is 24.9 Å². The van der Waals surface area contributed by atoms with Gasteiger partial charge in [0, 0.05) is 5.56 Å². The van der Waals surface area contributed by atoms with Gasteiger partial charge in [-0.2, -0.15) is 5.10 Å². The molecule has 0 atom stereocenters. The van der Waals surface area contributed by atoms with Crippen LogP contribution in [0.5, 0.6) is 0 Å². The van der Waals surface area contributed by atoms with Crippen LogP contribution in [0.4, 0.5) is 0 Å². The summed E-state index contributed by atoms with van der Waals surface area (Å²) in [4.78, 5) is 10.8. The quantitative estimate of drug-likeness (QED) is 0.369. The monoisotopic (exact) mass is 208 g/mol. The smallest absolute Gasteiger partial charge is 0.336 e. The van der Waals surface area contributed by atoms with Gasteiger partial charge in [-0.3, -0.25) is 0 Å². The minimum Gasteiger partial charge on any atom is -0.478 e.